The Labute approximate surface area is 147 Å². The lowest BCUT2D eigenvalue weighted by molar-refractivity contribution is 0.183. The second-order valence-electron chi connectivity index (χ2n) is 5.16. The van der Waals surface area contributed by atoms with Gasteiger partial charge in [-0.15, -0.1) is 10.2 Å². The largest absolute Gasteiger partial charge is 0.479 e. The third kappa shape index (κ3) is 3.21. The van der Waals surface area contributed by atoms with Crippen LogP contribution in [0, 0.1) is 0 Å². The van der Waals surface area contributed by atoms with Crippen LogP contribution in [0.1, 0.15) is 11.1 Å². The Morgan fingerprint density at radius 3 is 2.75 bits per heavy atom. The number of aromatic nitrogens is 2. The van der Waals surface area contributed by atoms with Crippen LogP contribution in [-0.2, 0) is 0 Å². The molecule has 1 aromatic heterocycles. The van der Waals surface area contributed by atoms with Gasteiger partial charge in [0.05, 0.1) is 6.54 Å². The number of hydrogen-bond donors (Lipinski definition) is 1. The molecular weight excluding hydrogens is 352 g/mol. The van der Waals surface area contributed by atoms with Crippen molar-refractivity contribution in [2.24, 2.45) is 0 Å². The topological polar surface area (TPSA) is 78.8 Å². The SMILES string of the molecule is C=CC(Oc1ccc(Cl)cc1)c1nnc(N2C(=O)N(C)CC2O)s1. The van der Waals surface area contributed by atoms with Crippen LogP contribution >= 0.6 is 22.9 Å². The fraction of sp³-hybridized carbons (Fsp3) is 0.267. The second-order valence-corrected chi connectivity index (χ2v) is 6.59. The number of benzene rings is 1. The molecule has 2 amide bonds. The van der Waals surface area contributed by atoms with Crippen molar-refractivity contribution in [1.29, 1.82) is 0 Å². The molecule has 0 spiro atoms. The zero-order chi connectivity index (χ0) is 17.3. The van der Waals surface area contributed by atoms with Crippen LogP contribution < -0.4 is 9.64 Å². The van der Waals surface area contributed by atoms with E-state index in [1.54, 1.807) is 37.4 Å². The van der Waals surface area contributed by atoms with Crippen LogP contribution in [0.15, 0.2) is 36.9 Å². The monoisotopic (exact) mass is 366 g/mol. The van der Waals surface area contributed by atoms with Gasteiger partial charge in [0, 0.05) is 12.1 Å². The lowest BCUT2D eigenvalue weighted by Gasteiger charge is -2.15. The van der Waals surface area contributed by atoms with Crippen LogP contribution in [0.3, 0.4) is 0 Å². The summed E-state index contributed by atoms with van der Waals surface area (Å²) in [6.45, 7) is 3.97. The summed E-state index contributed by atoms with van der Waals surface area (Å²) in [5, 5.41) is 19.5. The van der Waals surface area contributed by atoms with Gasteiger partial charge in [-0.1, -0.05) is 29.5 Å². The normalized spacial score (nSPS) is 18.8. The van der Waals surface area contributed by atoms with Crippen molar-refractivity contribution in [3.8, 4) is 5.75 Å². The third-order valence-corrected chi connectivity index (χ3v) is 4.67. The number of likely N-dealkylation sites (N-methyl/N-ethyl adjacent to an activating group) is 1. The molecule has 0 aliphatic carbocycles. The Bertz CT molecular complexity index is 751. The standard InChI is InChI=1S/C15H15ClN4O3S/c1-3-11(23-10-6-4-9(16)5-7-10)13-17-18-14(24-13)20-12(21)8-19(2)15(20)22/h3-7,11-12,21H,1,8H2,2H3. The Hall–Kier alpha value is -2.16. The van der Waals surface area contributed by atoms with Gasteiger partial charge in [0.1, 0.15) is 5.75 Å². The summed E-state index contributed by atoms with van der Waals surface area (Å²) in [7, 11) is 1.61. The highest BCUT2D eigenvalue weighted by Gasteiger charge is 2.37. The van der Waals surface area contributed by atoms with E-state index in [2.05, 4.69) is 16.8 Å². The van der Waals surface area contributed by atoms with E-state index in [9.17, 15) is 9.90 Å². The molecule has 1 aliphatic heterocycles. The van der Waals surface area contributed by atoms with Crippen LogP contribution in [0.5, 0.6) is 5.75 Å². The molecule has 1 fully saturated rings. The van der Waals surface area contributed by atoms with Crippen molar-refractivity contribution in [2.45, 2.75) is 12.3 Å². The molecular formula is C15H15ClN4O3S. The van der Waals surface area contributed by atoms with Gasteiger partial charge in [-0.25, -0.2) is 9.69 Å². The number of carbonyl (C=O) groups is 1. The number of anilines is 1. The van der Waals surface area contributed by atoms with Crippen molar-refractivity contribution in [3.63, 3.8) is 0 Å². The van der Waals surface area contributed by atoms with Gasteiger partial charge in [-0.3, -0.25) is 0 Å². The minimum absolute atomic E-state index is 0.222. The van der Waals surface area contributed by atoms with Gasteiger partial charge in [0.15, 0.2) is 17.3 Å². The van der Waals surface area contributed by atoms with E-state index < -0.39 is 12.3 Å². The van der Waals surface area contributed by atoms with E-state index in [4.69, 9.17) is 16.3 Å². The lowest BCUT2D eigenvalue weighted by Crippen LogP contribution is -2.34. The van der Waals surface area contributed by atoms with Gasteiger partial charge in [-0.05, 0) is 30.3 Å². The number of ether oxygens (including phenoxy) is 1. The number of hydrogen-bond acceptors (Lipinski definition) is 6. The van der Waals surface area contributed by atoms with Gasteiger partial charge >= 0.3 is 6.03 Å². The maximum absolute atomic E-state index is 12.1. The molecule has 2 unspecified atom stereocenters. The molecule has 9 heteroatoms. The second kappa shape index (κ2) is 6.76. The molecule has 0 radical (unpaired) electrons. The average Bonchev–Trinajstić information content (AvgIpc) is 3.12. The highest BCUT2D eigenvalue weighted by Crippen LogP contribution is 2.32. The molecule has 2 atom stereocenters. The first-order valence-electron chi connectivity index (χ1n) is 7.10. The number of aliphatic hydroxyl groups is 1. The molecule has 24 heavy (non-hydrogen) atoms. The maximum atomic E-state index is 12.1. The highest BCUT2D eigenvalue weighted by molar-refractivity contribution is 7.15. The molecule has 1 N–H and O–H groups in total. The Balaban J connectivity index is 1.79. The van der Waals surface area contributed by atoms with E-state index >= 15 is 0 Å². The fourth-order valence-electron chi connectivity index (χ4n) is 2.22. The molecule has 2 heterocycles. The Morgan fingerprint density at radius 1 is 1.46 bits per heavy atom. The highest BCUT2D eigenvalue weighted by atomic mass is 35.5. The molecule has 0 bridgehead atoms. The minimum Gasteiger partial charge on any atom is -0.479 e. The molecule has 126 valence electrons. The van der Waals surface area contributed by atoms with Gasteiger partial charge in [-0.2, -0.15) is 0 Å². The molecule has 2 aromatic rings. The van der Waals surface area contributed by atoms with Crippen molar-refractivity contribution < 1.29 is 14.6 Å². The molecule has 7 nitrogen and oxygen atoms in total. The average molecular weight is 367 g/mol. The van der Waals surface area contributed by atoms with Crippen LogP contribution in [-0.4, -0.2) is 46.1 Å². The zero-order valence-electron chi connectivity index (χ0n) is 12.8. The minimum atomic E-state index is -0.942. The number of carbonyl (C=O) groups excluding carboxylic acids is 1. The van der Waals surface area contributed by atoms with Gasteiger partial charge in [0.25, 0.3) is 0 Å². The lowest BCUT2D eigenvalue weighted by atomic mass is 10.3. The molecule has 0 saturated carbocycles. The summed E-state index contributed by atoms with van der Waals surface area (Å²) in [5.41, 5.74) is 0. The van der Waals surface area contributed by atoms with Crippen LogP contribution in [0.25, 0.3) is 0 Å². The Morgan fingerprint density at radius 2 is 2.17 bits per heavy atom. The first kappa shape index (κ1) is 16.7. The molecule has 3 rings (SSSR count). The first-order valence-corrected chi connectivity index (χ1v) is 8.29. The summed E-state index contributed by atoms with van der Waals surface area (Å²) in [5.74, 6) is 0.609. The number of nitrogens with zero attached hydrogens (tertiary/aromatic N) is 4. The van der Waals surface area contributed by atoms with E-state index in [0.29, 0.717) is 20.9 Å². The fourth-order valence-corrected chi connectivity index (χ4v) is 3.26. The molecule has 1 aromatic carbocycles. The maximum Gasteiger partial charge on any atom is 0.328 e. The van der Waals surface area contributed by atoms with E-state index in [1.165, 1.54) is 21.1 Å². The van der Waals surface area contributed by atoms with E-state index in [-0.39, 0.29) is 12.6 Å². The third-order valence-electron chi connectivity index (χ3n) is 3.44. The van der Waals surface area contributed by atoms with Gasteiger partial charge in [0.2, 0.25) is 5.13 Å². The van der Waals surface area contributed by atoms with Crippen LogP contribution in [0.4, 0.5) is 9.93 Å². The zero-order valence-corrected chi connectivity index (χ0v) is 14.4. The first-order chi connectivity index (χ1) is 11.5. The Kier molecular flexibility index (Phi) is 4.70. The predicted molar refractivity (Wildman–Crippen MR) is 91.4 cm³/mol. The predicted octanol–water partition coefficient (Wildman–Crippen LogP) is 2.69. The number of β-amino-alcohol motifs (C(OH)–C–C–N with tert-alkyl or cyclic N) is 1. The van der Waals surface area contributed by atoms with Crippen molar-refractivity contribution in [2.75, 3.05) is 18.5 Å². The van der Waals surface area contributed by atoms with Crippen LogP contribution in [0.2, 0.25) is 5.02 Å². The van der Waals surface area contributed by atoms with E-state index in [1.807, 2.05) is 0 Å². The van der Waals surface area contributed by atoms with Gasteiger partial charge < -0.3 is 14.7 Å². The number of urea groups is 1. The van der Waals surface area contributed by atoms with Crippen molar-refractivity contribution in [3.05, 3.63) is 47.0 Å². The van der Waals surface area contributed by atoms with E-state index in [0.717, 1.165) is 0 Å². The number of amides is 2. The van der Waals surface area contributed by atoms with Crippen molar-refractivity contribution >= 4 is 34.1 Å². The number of rotatable bonds is 5. The number of halogens is 1. The summed E-state index contributed by atoms with van der Waals surface area (Å²) in [6.07, 6.45) is 0.125. The molecule has 1 saturated heterocycles. The summed E-state index contributed by atoms with van der Waals surface area (Å²) in [4.78, 5) is 14.7. The summed E-state index contributed by atoms with van der Waals surface area (Å²) < 4.78 is 5.81. The summed E-state index contributed by atoms with van der Waals surface area (Å²) in [6, 6.07) is 6.60. The smallest absolute Gasteiger partial charge is 0.328 e. The quantitative estimate of drug-likeness (QED) is 0.823. The van der Waals surface area contributed by atoms with Crippen molar-refractivity contribution in [1.82, 2.24) is 15.1 Å². The summed E-state index contributed by atoms with van der Waals surface area (Å²) >= 11 is 7.02. The number of aliphatic hydroxyl groups excluding tert-OH is 1. The molecule has 1 aliphatic rings.